The number of hydrogen-bond acceptors (Lipinski definition) is 1. The van der Waals surface area contributed by atoms with Gasteiger partial charge in [-0.1, -0.05) is 59.2 Å². The zero-order valence-electron chi connectivity index (χ0n) is 9.22. The van der Waals surface area contributed by atoms with Crippen molar-refractivity contribution in [2.75, 3.05) is 4.43 Å². The number of rotatable bonds is 4. The van der Waals surface area contributed by atoms with E-state index in [0.29, 0.717) is 6.61 Å². The maximum Gasteiger partial charge on any atom is 0.0776 e. The van der Waals surface area contributed by atoms with Gasteiger partial charge in [0.25, 0.3) is 0 Å². The van der Waals surface area contributed by atoms with Crippen LogP contribution in [0.4, 0.5) is 0 Å². The van der Waals surface area contributed by atoms with Gasteiger partial charge in [-0.3, -0.25) is 0 Å². The Hall–Kier alpha value is 0.200. The maximum absolute atomic E-state index is 6.12. The zero-order chi connectivity index (χ0) is 11.4. The molecule has 3 heteroatoms. The quantitative estimate of drug-likeness (QED) is 0.569. The Morgan fingerprint density at radius 2 is 1.81 bits per heavy atom. The molecular formula is C13H16ClIO. The van der Waals surface area contributed by atoms with Crippen molar-refractivity contribution in [3.63, 3.8) is 0 Å². The van der Waals surface area contributed by atoms with Gasteiger partial charge in [0.15, 0.2) is 0 Å². The summed E-state index contributed by atoms with van der Waals surface area (Å²) in [4.78, 5) is 0. The molecule has 2 rings (SSSR count). The van der Waals surface area contributed by atoms with Crippen LogP contribution in [0, 0.1) is 0 Å². The third kappa shape index (κ3) is 3.11. The summed E-state index contributed by atoms with van der Waals surface area (Å²) in [5.41, 5.74) is 1.35. The van der Waals surface area contributed by atoms with Crippen LogP contribution in [0.15, 0.2) is 24.3 Å². The second-order valence-corrected chi connectivity index (χ2v) is 5.64. The fraction of sp³-hybridized carbons (Fsp3) is 0.538. The van der Waals surface area contributed by atoms with Crippen molar-refractivity contribution in [3.05, 3.63) is 34.9 Å². The third-order valence-electron chi connectivity index (χ3n) is 3.22. The van der Waals surface area contributed by atoms with Crippen LogP contribution in [0.5, 0.6) is 0 Å². The summed E-state index contributed by atoms with van der Waals surface area (Å²) in [5.74, 6) is 0. The van der Waals surface area contributed by atoms with E-state index < -0.39 is 0 Å². The van der Waals surface area contributed by atoms with Crippen molar-refractivity contribution >= 4 is 34.2 Å². The summed E-state index contributed by atoms with van der Waals surface area (Å²) >= 11 is 8.30. The monoisotopic (exact) mass is 350 g/mol. The molecular weight excluding hydrogens is 334 g/mol. The van der Waals surface area contributed by atoms with Crippen LogP contribution in [0.25, 0.3) is 0 Å². The Labute approximate surface area is 116 Å². The molecule has 1 saturated carbocycles. The van der Waals surface area contributed by atoms with Gasteiger partial charge in [0.2, 0.25) is 0 Å². The number of ether oxygens (including phenoxy) is 1. The molecule has 0 spiro atoms. The largest absolute Gasteiger partial charge is 0.370 e. The SMILES string of the molecule is Clc1ccc(COC2(CI)CCCC2)cc1. The molecule has 0 atom stereocenters. The number of hydrogen-bond donors (Lipinski definition) is 0. The van der Waals surface area contributed by atoms with Gasteiger partial charge in [-0.2, -0.15) is 0 Å². The van der Waals surface area contributed by atoms with Gasteiger partial charge in [0.1, 0.15) is 0 Å². The molecule has 1 fully saturated rings. The molecule has 0 radical (unpaired) electrons. The molecule has 1 aromatic rings. The van der Waals surface area contributed by atoms with Gasteiger partial charge >= 0.3 is 0 Å². The first kappa shape index (κ1) is 12.7. The number of halogens is 2. The van der Waals surface area contributed by atoms with Crippen LogP contribution in [-0.4, -0.2) is 10.0 Å². The maximum atomic E-state index is 6.12. The van der Waals surface area contributed by atoms with Crippen LogP contribution in [0.2, 0.25) is 5.02 Å². The highest BCUT2D eigenvalue weighted by Crippen LogP contribution is 2.35. The highest BCUT2D eigenvalue weighted by molar-refractivity contribution is 14.1. The van der Waals surface area contributed by atoms with Crippen molar-refractivity contribution in [2.45, 2.75) is 37.9 Å². The van der Waals surface area contributed by atoms with Crippen LogP contribution in [0.1, 0.15) is 31.2 Å². The molecule has 0 N–H and O–H groups in total. The van der Waals surface area contributed by atoms with E-state index in [0.717, 1.165) is 9.45 Å². The van der Waals surface area contributed by atoms with Crippen LogP contribution in [-0.2, 0) is 11.3 Å². The van der Waals surface area contributed by atoms with E-state index in [4.69, 9.17) is 16.3 Å². The molecule has 0 heterocycles. The minimum absolute atomic E-state index is 0.139. The predicted octanol–water partition coefficient (Wildman–Crippen LogP) is 4.60. The summed E-state index contributed by atoms with van der Waals surface area (Å²) in [7, 11) is 0. The lowest BCUT2D eigenvalue weighted by Crippen LogP contribution is -2.30. The molecule has 0 aromatic heterocycles. The molecule has 16 heavy (non-hydrogen) atoms. The first-order valence-corrected chi connectivity index (χ1v) is 7.59. The van der Waals surface area contributed by atoms with Crippen LogP contribution < -0.4 is 0 Å². The highest BCUT2D eigenvalue weighted by atomic mass is 127. The summed E-state index contributed by atoms with van der Waals surface area (Å²) in [6.45, 7) is 0.709. The van der Waals surface area contributed by atoms with E-state index in [1.54, 1.807) is 0 Å². The van der Waals surface area contributed by atoms with Crippen molar-refractivity contribution in [1.82, 2.24) is 0 Å². The lowest BCUT2D eigenvalue weighted by Gasteiger charge is -2.27. The van der Waals surface area contributed by atoms with E-state index in [1.165, 1.54) is 31.2 Å². The average molecular weight is 351 g/mol. The Balaban J connectivity index is 1.93. The number of benzene rings is 1. The highest BCUT2D eigenvalue weighted by Gasteiger charge is 2.33. The van der Waals surface area contributed by atoms with E-state index in [9.17, 15) is 0 Å². The Bertz CT molecular complexity index is 330. The van der Waals surface area contributed by atoms with Crippen molar-refractivity contribution < 1.29 is 4.74 Å². The molecule has 0 amide bonds. The minimum atomic E-state index is 0.139. The minimum Gasteiger partial charge on any atom is -0.370 e. The van der Waals surface area contributed by atoms with E-state index in [-0.39, 0.29) is 5.60 Å². The first-order valence-electron chi connectivity index (χ1n) is 5.68. The summed E-state index contributed by atoms with van der Waals surface area (Å²) in [6, 6.07) is 7.92. The zero-order valence-corrected chi connectivity index (χ0v) is 12.1. The molecule has 0 bridgehead atoms. The third-order valence-corrected chi connectivity index (χ3v) is 4.86. The molecule has 1 aromatic carbocycles. The number of alkyl halides is 1. The molecule has 88 valence electrons. The average Bonchev–Trinajstić information content (AvgIpc) is 2.78. The van der Waals surface area contributed by atoms with Gasteiger partial charge in [0, 0.05) is 9.45 Å². The van der Waals surface area contributed by atoms with Crippen molar-refractivity contribution in [2.24, 2.45) is 0 Å². The molecule has 1 aliphatic carbocycles. The smallest absolute Gasteiger partial charge is 0.0776 e. The second-order valence-electron chi connectivity index (χ2n) is 4.44. The van der Waals surface area contributed by atoms with Gasteiger partial charge in [-0.25, -0.2) is 0 Å². The van der Waals surface area contributed by atoms with E-state index in [2.05, 4.69) is 22.6 Å². The fourth-order valence-corrected chi connectivity index (χ4v) is 3.26. The molecule has 1 nitrogen and oxygen atoms in total. The molecule has 0 saturated heterocycles. The Morgan fingerprint density at radius 3 is 2.38 bits per heavy atom. The molecule has 0 unspecified atom stereocenters. The standard InChI is InChI=1S/C13H16ClIO/c14-12-5-3-11(4-6-12)9-16-13(10-15)7-1-2-8-13/h3-6H,1-2,7-10H2. The normalized spacial score (nSPS) is 18.9. The fourth-order valence-electron chi connectivity index (χ4n) is 2.15. The topological polar surface area (TPSA) is 9.23 Å². The van der Waals surface area contributed by atoms with Gasteiger partial charge in [0.05, 0.1) is 12.2 Å². The molecule has 0 aliphatic heterocycles. The molecule has 1 aliphatic rings. The second kappa shape index (κ2) is 5.69. The van der Waals surface area contributed by atoms with Gasteiger partial charge in [-0.15, -0.1) is 0 Å². The Morgan fingerprint density at radius 1 is 1.19 bits per heavy atom. The first-order chi connectivity index (χ1) is 7.74. The van der Waals surface area contributed by atoms with Gasteiger partial charge < -0.3 is 4.74 Å². The lowest BCUT2D eigenvalue weighted by atomic mass is 10.1. The van der Waals surface area contributed by atoms with E-state index in [1.807, 2.05) is 24.3 Å². The van der Waals surface area contributed by atoms with Crippen molar-refractivity contribution in [1.29, 1.82) is 0 Å². The van der Waals surface area contributed by atoms with Gasteiger partial charge in [-0.05, 0) is 30.5 Å². The van der Waals surface area contributed by atoms with E-state index >= 15 is 0 Å². The summed E-state index contributed by atoms with van der Waals surface area (Å²) < 4.78 is 7.21. The van der Waals surface area contributed by atoms with Crippen molar-refractivity contribution in [3.8, 4) is 0 Å². The predicted molar refractivity (Wildman–Crippen MR) is 76.3 cm³/mol. The van der Waals surface area contributed by atoms with Crippen LogP contribution in [0.3, 0.4) is 0 Å². The Kier molecular flexibility index (Phi) is 4.50. The lowest BCUT2D eigenvalue weighted by molar-refractivity contribution is -0.0317. The summed E-state index contributed by atoms with van der Waals surface area (Å²) in [5, 5.41) is 0.785. The summed E-state index contributed by atoms with van der Waals surface area (Å²) in [6.07, 6.45) is 5.04. The van der Waals surface area contributed by atoms with Crippen LogP contribution >= 0.6 is 34.2 Å².